The molecule has 0 aliphatic carbocycles. The number of para-hydroxylation sites is 4. The normalized spacial score (nSPS) is 12.9. The second-order valence-corrected chi connectivity index (χ2v) is 15.1. The van der Waals surface area contributed by atoms with Crippen molar-refractivity contribution in [1.29, 1.82) is 0 Å². The molecule has 0 bridgehead atoms. The second-order valence-electron chi connectivity index (χ2n) is 15.1. The first-order chi connectivity index (χ1) is 28.3. The summed E-state index contributed by atoms with van der Waals surface area (Å²) in [5, 5.41) is 4.60. The van der Waals surface area contributed by atoms with Crippen LogP contribution in [-0.4, -0.2) is 44.9 Å². The van der Waals surface area contributed by atoms with Gasteiger partial charge in [-0.25, -0.2) is 4.98 Å². The fraction of sp³-hybridized carbons (Fsp3) is 0. The Kier molecular flexibility index (Phi) is 5.44. The SMILES string of the molecule is c1ccc(-n2c3ccccc3c3c4nccc5c4n(c32)-c2cc(-c3ccccn3)cc3c2B5c2cccc4c5c6nccnc6n(-c6ccccc6)c5n-3c24)cc1. The van der Waals surface area contributed by atoms with E-state index in [1.54, 1.807) is 6.20 Å². The Hall–Kier alpha value is -7.78. The maximum Gasteiger partial charge on any atom is 0.252 e. The van der Waals surface area contributed by atoms with Crippen LogP contribution in [0, 0.1) is 0 Å². The number of rotatable bonds is 3. The van der Waals surface area contributed by atoms with Crippen molar-refractivity contribution in [2.24, 2.45) is 0 Å². The number of hydrogen-bond donors (Lipinski definition) is 0. The number of hydrogen-bond acceptors (Lipinski definition) is 4. The average molecular weight is 727 g/mol. The van der Waals surface area contributed by atoms with E-state index in [4.69, 9.17) is 19.9 Å². The van der Waals surface area contributed by atoms with Gasteiger partial charge in [-0.1, -0.05) is 78.9 Å². The maximum absolute atomic E-state index is 5.22. The van der Waals surface area contributed by atoms with Crippen LogP contribution in [0.15, 0.2) is 164 Å². The molecule has 0 fully saturated rings. The summed E-state index contributed by atoms with van der Waals surface area (Å²) in [5.41, 5.74) is 18.5. The van der Waals surface area contributed by atoms with Gasteiger partial charge in [-0.3, -0.25) is 33.2 Å². The molecule has 0 N–H and O–H groups in total. The topological polar surface area (TPSA) is 71.3 Å². The molecule has 0 radical (unpaired) electrons. The summed E-state index contributed by atoms with van der Waals surface area (Å²) in [6.45, 7) is -0.0426. The molecule has 2 aliphatic rings. The van der Waals surface area contributed by atoms with Gasteiger partial charge in [0.05, 0.1) is 38.5 Å². The van der Waals surface area contributed by atoms with E-state index in [1.807, 2.05) is 24.7 Å². The molecule has 57 heavy (non-hydrogen) atoms. The lowest BCUT2D eigenvalue weighted by Gasteiger charge is -2.34. The van der Waals surface area contributed by atoms with Crippen LogP contribution in [0.3, 0.4) is 0 Å². The van der Waals surface area contributed by atoms with Crippen LogP contribution in [0.1, 0.15) is 0 Å². The lowest BCUT2D eigenvalue weighted by molar-refractivity contribution is 1.04. The van der Waals surface area contributed by atoms with Gasteiger partial charge in [0.2, 0.25) is 0 Å². The van der Waals surface area contributed by atoms with Crippen molar-refractivity contribution < 1.29 is 0 Å². The Morgan fingerprint density at radius 1 is 0.439 bits per heavy atom. The summed E-state index contributed by atoms with van der Waals surface area (Å²) in [6.07, 6.45) is 7.50. The minimum Gasteiger partial charge on any atom is -0.296 e. The maximum atomic E-state index is 5.22. The van der Waals surface area contributed by atoms with Gasteiger partial charge in [0.1, 0.15) is 16.8 Å². The van der Waals surface area contributed by atoms with Crippen molar-refractivity contribution >= 4 is 89.2 Å². The molecule has 9 heteroatoms. The highest BCUT2D eigenvalue weighted by Gasteiger charge is 2.43. The minimum absolute atomic E-state index is 0.0426. The molecule has 7 aromatic heterocycles. The smallest absolute Gasteiger partial charge is 0.252 e. The number of aromatic nitrogens is 8. The zero-order chi connectivity index (χ0) is 36.9. The number of nitrogens with zero attached hydrogens (tertiary/aromatic N) is 8. The zero-order valence-electron chi connectivity index (χ0n) is 30.2. The molecule has 262 valence electrons. The van der Waals surface area contributed by atoms with Gasteiger partial charge in [-0.05, 0) is 77.1 Å². The van der Waals surface area contributed by atoms with Gasteiger partial charge < -0.3 is 0 Å². The standard InChI is InChI=1S/C48H27BN8/c1-3-12-29(13-4-1)54-36-20-8-7-16-31(36)39-42-45-34(21-23-51-42)49-33-18-11-17-32-40-43-46(53-25-24-52-43)55(30-14-5-2-6-15-30)48(40)56(44(32)33)37-26-28(35-19-9-10-22-50-35)27-38(41(37)49)57(45)47(39)54/h1-27H. The molecule has 2 aliphatic heterocycles. The highest BCUT2D eigenvalue weighted by molar-refractivity contribution is 7.00. The molecule has 0 saturated heterocycles. The van der Waals surface area contributed by atoms with E-state index in [-0.39, 0.29) is 6.71 Å². The molecule has 14 rings (SSSR count). The molecule has 9 heterocycles. The van der Waals surface area contributed by atoms with Crippen LogP contribution < -0.4 is 16.4 Å². The lowest BCUT2D eigenvalue weighted by atomic mass is 9.34. The average Bonchev–Trinajstić information content (AvgIpc) is 4.00. The predicted octanol–water partition coefficient (Wildman–Crippen LogP) is 8.16. The van der Waals surface area contributed by atoms with Crippen LogP contribution in [0.2, 0.25) is 0 Å². The number of fused-ring (bicyclic) bond motifs is 14. The Bertz CT molecular complexity index is 3470. The van der Waals surface area contributed by atoms with Crippen LogP contribution in [0.4, 0.5) is 0 Å². The fourth-order valence-corrected chi connectivity index (χ4v) is 10.3. The summed E-state index contributed by atoms with van der Waals surface area (Å²) in [6, 6.07) is 49.9. The Balaban J connectivity index is 1.24. The molecular weight excluding hydrogens is 699 g/mol. The summed E-state index contributed by atoms with van der Waals surface area (Å²) in [7, 11) is 0. The Labute approximate surface area is 324 Å². The van der Waals surface area contributed by atoms with Crippen molar-refractivity contribution in [3.63, 3.8) is 0 Å². The minimum atomic E-state index is -0.0426. The van der Waals surface area contributed by atoms with Crippen LogP contribution >= 0.6 is 0 Å². The molecule has 12 aromatic rings. The molecule has 0 spiro atoms. The predicted molar refractivity (Wildman–Crippen MR) is 230 cm³/mol. The van der Waals surface area contributed by atoms with E-state index < -0.39 is 0 Å². The van der Waals surface area contributed by atoms with Crippen LogP contribution in [0.5, 0.6) is 0 Å². The van der Waals surface area contributed by atoms with Gasteiger partial charge in [-0.15, -0.1) is 0 Å². The van der Waals surface area contributed by atoms with Crippen LogP contribution in [-0.2, 0) is 0 Å². The second kappa shape index (κ2) is 10.5. The van der Waals surface area contributed by atoms with Crippen molar-refractivity contribution in [3.05, 3.63) is 164 Å². The largest absolute Gasteiger partial charge is 0.296 e. The third-order valence-corrected chi connectivity index (χ3v) is 12.3. The lowest BCUT2D eigenvalue weighted by Crippen LogP contribution is -2.59. The fourth-order valence-electron chi connectivity index (χ4n) is 10.3. The first-order valence-corrected chi connectivity index (χ1v) is 19.3. The van der Waals surface area contributed by atoms with E-state index in [1.165, 1.54) is 27.3 Å². The third kappa shape index (κ3) is 3.56. The molecule has 0 saturated carbocycles. The first-order valence-electron chi connectivity index (χ1n) is 19.3. The number of benzene rings is 5. The highest BCUT2D eigenvalue weighted by Crippen LogP contribution is 2.45. The molecule has 0 amide bonds. The van der Waals surface area contributed by atoms with Crippen molar-refractivity contribution in [3.8, 4) is 34.0 Å². The van der Waals surface area contributed by atoms with Gasteiger partial charge in [-0.2, -0.15) is 0 Å². The highest BCUT2D eigenvalue weighted by atomic mass is 15.2. The molecule has 0 atom stereocenters. The molecule has 0 unspecified atom stereocenters. The Morgan fingerprint density at radius 3 is 1.89 bits per heavy atom. The quantitative estimate of drug-likeness (QED) is 0.172. The van der Waals surface area contributed by atoms with E-state index in [0.29, 0.717) is 0 Å². The first kappa shape index (κ1) is 29.6. The van der Waals surface area contributed by atoms with Crippen LogP contribution in [0.25, 0.3) is 100 Å². The summed E-state index contributed by atoms with van der Waals surface area (Å²) in [5.74, 6) is 0. The van der Waals surface area contributed by atoms with Crippen molar-refractivity contribution in [2.45, 2.75) is 0 Å². The molecular formula is C48H27BN8. The summed E-state index contributed by atoms with van der Waals surface area (Å²) in [4.78, 5) is 20.2. The third-order valence-electron chi connectivity index (χ3n) is 12.3. The van der Waals surface area contributed by atoms with E-state index >= 15 is 0 Å². The monoisotopic (exact) mass is 726 g/mol. The molecule has 8 nitrogen and oxygen atoms in total. The Morgan fingerprint density at radius 2 is 1.09 bits per heavy atom. The van der Waals surface area contributed by atoms with Gasteiger partial charge in [0, 0.05) is 63.9 Å². The van der Waals surface area contributed by atoms with Gasteiger partial charge in [0.15, 0.2) is 5.65 Å². The number of pyridine rings is 2. The van der Waals surface area contributed by atoms with Gasteiger partial charge in [0.25, 0.3) is 6.71 Å². The van der Waals surface area contributed by atoms with E-state index in [0.717, 1.165) is 89.2 Å². The summed E-state index contributed by atoms with van der Waals surface area (Å²) >= 11 is 0. The van der Waals surface area contributed by atoms with E-state index in [9.17, 15) is 0 Å². The van der Waals surface area contributed by atoms with Crippen molar-refractivity contribution in [1.82, 2.24) is 38.2 Å². The van der Waals surface area contributed by atoms with E-state index in [2.05, 4.69) is 152 Å². The van der Waals surface area contributed by atoms with Gasteiger partial charge >= 0.3 is 0 Å². The zero-order valence-corrected chi connectivity index (χ0v) is 30.2. The summed E-state index contributed by atoms with van der Waals surface area (Å²) < 4.78 is 9.71. The van der Waals surface area contributed by atoms with Crippen molar-refractivity contribution in [2.75, 3.05) is 0 Å². The molecule has 5 aromatic carbocycles.